The molecule has 6 nitrogen and oxygen atoms in total. The van der Waals surface area contributed by atoms with E-state index >= 15 is 0 Å². The summed E-state index contributed by atoms with van der Waals surface area (Å²) in [5.41, 5.74) is -0.398. The van der Waals surface area contributed by atoms with Crippen LogP contribution in [0.15, 0.2) is 0 Å². The molecule has 4 aliphatic carbocycles. The molecule has 0 radical (unpaired) electrons. The summed E-state index contributed by atoms with van der Waals surface area (Å²) in [5, 5.41) is 20.6. The summed E-state index contributed by atoms with van der Waals surface area (Å²) >= 11 is 0. The number of carboxylic acids is 1. The predicted molar refractivity (Wildman–Crippen MR) is 118 cm³/mol. The van der Waals surface area contributed by atoms with Gasteiger partial charge in [-0.1, -0.05) is 20.8 Å². The summed E-state index contributed by atoms with van der Waals surface area (Å²) in [4.78, 5) is 25.0. The Hall–Kier alpha value is -0.980. The normalized spacial score (nSPS) is 48.2. The van der Waals surface area contributed by atoms with E-state index in [2.05, 4.69) is 20.8 Å². The van der Waals surface area contributed by atoms with E-state index in [0.717, 1.165) is 38.5 Å². The fraction of sp³-hybridized carbons (Fsp3) is 0.923. The second-order valence-corrected chi connectivity index (χ2v) is 12.1. The molecule has 0 aromatic rings. The van der Waals surface area contributed by atoms with Gasteiger partial charge >= 0.3 is 5.97 Å². The van der Waals surface area contributed by atoms with Gasteiger partial charge in [0.1, 0.15) is 5.78 Å². The van der Waals surface area contributed by atoms with Crippen LogP contribution in [0.5, 0.6) is 0 Å². The molecule has 180 valence electrons. The van der Waals surface area contributed by atoms with Gasteiger partial charge < -0.3 is 19.7 Å². The number of aliphatic hydroxyl groups is 1. The monoisotopic (exact) mass is 448 g/mol. The second kappa shape index (κ2) is 7.78. The third-order valence-corrected chi connectivity index (χ3v) is 10.9. The fourth-order valence-electron chi connectivity index (χ4n) is 9.14. The molecule has 32 heavy (non-hydrogen) atoms. The van der Waals surface area contributed by atoms with E-state index in [4.69, 9.17) is 14.6 Å². The number of carbonyl (C=O) groups is 2. The van der Waals surface area contributed by atoms with Crippen LogP contribution in [0.4, 0.5) is 0 Å². The Kier molecular flexibility index (Phi) is 5.54. The van der Waals surface area contributed by atoms with E-state index in [0.29, 0.717) is 37.8 Å². The minimum absolute atomic E-state index is 0.0362. The van der Waals surface area contributed by atoms with E-state index < -0.39 is 17.2 Å². The molecule has 5 rings (SSSR count). The van der Waals surface area contributed by atoms with Crippen LogP contribution >= 0.6 is 0 Å². The summed E-state index contributed by atoms with van der Waals surface area (Å²) in [7, 11) is 0. The number of ketones is 1. The third kappa shape index (κ3) is 3.23. The van der Waals surface area contributed by atoms with Crippen molar-refractivity contribution in [2.75, 3.05) is 13.2 Å². The molecule has 9 atom stereocenters. The van der Waals surface area contributed by atoms with Crippen molar-refractivity contribution in [3.8, 4) is 0 Å². The van der Waals surface area contributed by atoms with Gasteiger partial charge in [0.25, 0.3) is 0 Å². The lowest BCUT2D eigenvalue weighted by Gasteiger charge is -2.62. The van der Waals surface area contributed by atoms with Crippen molar-refractivity contribution in [2.45, 2.75) is 90.4 Å². The van der Waals surface area contributed by atoms with Crippen molar-refractivity contribution in [2.24, 2.45) is 46.3 Å². The Morgan fingerprint density at radius 1 is 1.16 bits per heavy atom. The molecule has 0 unspecified atom stereocenters. The van der Waals surface area contributed by atoms with Crippen LogP contribution in [0.2, 0.25) is 0 Å². The topological polar surface area (TPSA) is 93.1 Å². The average molecular weight is 449 g/mol. The first-order valence-electron chi connectivity index (χ1n) is 12.8. The summed E-state index contributed by atoms with van der Waals surface area (Å²) in [6.07, 6.45) is 6.35. The largest absolute Gasteiger partial charge is 0.481 e. The van der Waals surface area contributed by atoms with Crippen LogP contribution in [0.25, 0.3) is 0 Å². The predicted octanol–water partition coefficient (Wildman–Crippen LogP) is 4.04. The number of rotatable bonds is 4. The van der Waals surface area contributed by atoms with Gasteiger partial charge in [-0.15, -0.1) is 0 Å². The number of ether oxygens (including phenoxy) is 2. The van der Waals surface area contributed by atoms with E-state index in [9.17, 15) is 14.7 Å². The van der Waals surface area contributed by atoms with Crippen molar-refractivity contribution in [3.05, 3.63) is 0 Å². The molecule has 1 saturated heterocycles. The van der Waals surface area contributed by atoms with E-state index in [1.54, 1.807) is 0 Å². The zero-order valence-electron chi connectivity index (χ0n) is 19.8. The van der Waals surface area contributed by atoms with E-state index in [-0.39, 0.29) is 47.5 Å². The van der Waals surface area contributed by atoms with Crippen molar-refractivity contribution in [3.63, 3.8) is 0 Å². The first-order valence-corrected chi connectivity index (χ1v) is 12.8. The first kappa shape index (κ1) is 22.8. The van der Waals surface area contributed by atoms with Crippen LogP contribution in [-0.4, -0.2) is 47.1 Å². The summed E-state index contributed by atoms with van der Waals surface area (Å²) in [6, 6.07) is 0. The fourth-order valence-corrected chi connectivity index (χ4v) is 9.14. The Morgan fingerprint density at radius 3 is 2.56 bits per heavy atom. The average Bonchev–Trinajstić information content (AvgIpc) is 3.34. The molecular formula is C26H40O6. The lowest BCUT2D eigenvalue weighted by molar-refractivity contribution is -0.240. The zero-order valence-corrected chi connectivity index (χ0v) is 19.8. The highest BCUT2D eigenvalue weighted by molar-refractivity contribution is 5.87. The maximum Gasteiger partial charge on any atom is 0.303 e. The van der Waals surface area contributed by atoms with Crippen molar-refractivity contribution >= 4 is 11.8 Å². The number of aliphatic hydroxyl groups excluding tert-OH is 1. The Balaban J connectivity index is 1.40. The van der Waals surface area contributed by atoms with Crippen LogP contribution in [0, 0.1) is 46.3 Å². The van der Waals surface area contributed by atoms with Gasteiger partial charge in [0.15, 0.2) is 5.79 Å². The molecule has 2 N–H and O–H groups in total. The minimum Gasteiger partial charge on any atom is -0.481 e. The van der Waals surface area contributed by atoms with Crippen LogP contribution in [0.3, 0.4) is 0 Å². The van der Waals surface area contributed by atoms with E-state index in [1.165, 1.54) is 0 Å². The van der Waals surface area contributed by atoms with Gasteiger partial charge in [-0.2, -0.15) is 0 Å². The third-order valence-electron chi connectivity index (χ3n) is 10.9. The van der Waals surface area contributed by atoms with Gasteiger partial charge in [-0.3, -0.25) is 9.59 Å². The minimum atomic E-state index is -0.765. The standard InChI is InChI=1S/C26H40O6/c1-15(4-7-22(29)30)17-5-6-18-23-19(13-21(28)25(17,18)3)24(2)8-9-26(31-10-11-32-26)14-16(24)12-20(23)27/h15-20,23,27H,4-14H2,1-3H3,(H,29,30)/t15-,16+,17+,18-,19-,20+,23-,24-,25+/m0/s1. The lowest BCUT2D eigenvalue weighted by Crippen LogP contribution is -2.62. The number of Topliss-reactive ketones (excluding diaryl/α,β-unsaturated/α-hetero) is 1. The number of carboxylic acid groups (broad SMARTS) is 1. The van der Waals surface area contributed by atoms with Crippen LogP contribution < -0.4 is 0 Å². The van der Waals surface area contributed by atoms with Crippen LogP contribution in [-0.2, 0) is 19.1 Å². The summed E-state index contributed by atoms with van der Waals surface area (Å²) in [5.74, 6) is 0.438. The zero-order chi connectivity index (χ0) is 22.9. The number of aliphatic carboxylic acids is 1. The first-order chi connectivity index (χ1) is 15.1. The van der Waals surface area contributed by atoms with Crippen molar-refractivity contribution < 1.29 is 29.3 Å². The molecule has 1 spiro atoms. The van der Waals surface area contributed by atoms with Crippen molar-refractivity contribution in [1.82, 2.24) is 0 Å². The molecule has 1 aliphatic heterocycles. The number of hydrogen-bond donors (Lipinski definition) is 2. The highest BCUT2D eigenvalue weighted by Gasteiger charge is 2.67. The maximum atomic E-state index is 13.8. The number of hydrogen-bond acceptors (Lipinski definition) is 5. The molecule has 4 saturated carbocycles. The number of carbonyl (C=O) groups excluding carboxylic acids is 1. The van der Waals surface area contributed by atoms with Crippen molar-refractivity contribution in [1.29, 1.82) is 0 Å². The van der Waals surface area contributed by atoms with Gasteiger partial charge in [0.05, 0.1) is 19.3 Å². The van der Waals surface area contributed by atoms with Gasteiger partial charge in [-0.05, 0) is 73.0 Å². The molecule has 5 fully saturated rings. The highest BCUT2D eigenvalue weighted by atomic mass is 16.7. The smallest absolute Gasteiger partial charge is 0.303 e. The second-order valence-electron chi connectivity index (χ2n) is 12.1. The van der Waals surface area contributed by atoms with Gasteiger partial charge in [-0.25, -0.2) is 0 Å². The maximum absolute atomic E-state index is 13.8. The Labute approximate surface area is 191 Å². The molecule has 0 aromatic heterocycles. The lowest BCUT2D eigenvalue weighted by atomic mass is 9.43. The number of fused-ring (bicyclic) bond motifs is 5. The van der Waals surface area contributed by atoms with Gasteiger partial charge in [0, 0.05) is 31.1 Å². The van der Waals surface area contributed by atoms with E-state index in [1.807, 2.05) is 0 Å². The molecule has 5 aliphatic rings. The Bertz CT molecular complexity index is 774. The SMILES string of the molecule is C[C@@H](CCC(=O)O)[C@H]1CC[C@H]2[C@@H]3[C@H](O)C[C@@H]4CC5(CC[C@]4(C)[C@H]3CC(=O)[C@]12C)OCCO5. The summed E-state index contributed by atoms with van der Waals surface area (Å²) < 4.78 is 12.0. The molecule has 6 heteroatoms. The molecule has 1 heterocycles. The Morgan fingerprint density at radius 2 is 1.88 bits per heavy atom. The molecule has 0 amide bonds. The molecular weight excluding hydrogens is 408 g/mol. The van der Waals surface area contributed by atoms with Gasteiger partial charge in [0.2, 0.25) is 0 Å². The highest BCUT2D eigenvalue weighted by Crippen LogP contribution is 2.68. The molecule has 0 aromatic carbocycles. The molecule has 0 bridgehead atoms. The summed E-state index contributed by atoms with van der Waals surface area (Å²) in [6.45, 7) is 7.93. The van der Waals surface area contributed by atoms with Crippen LogP contribution in [0.1, 0.15) is 78.6 Å². The quantitative estimate of drug-likeness (QED) is 0.674.